The highest BCUT2D eigenvalue weighted by Crippen LogP contribution is 2.23. The molecule has 0 aliphatic rings. The van der Waals surface area contributed by atoms with Crippen LogP contribution in [0.15, 0.2) is 0 Å². The minimum Gasteiger partial charge on any atom is -0.481 e. The molecule has 0 fully saturated rings. The number of aryl methyl sites for hydroxylation is 2. The van der Waals surface area contributed by atoms with Crippen LogP contribution in [0.25, 0.3) is 0 Å². The summed E-state index contributed by atoms with van der Waals surface area (Å²) in [5.74, 6) is 0.800. The zero-order chi connectivity index (χ0) is 13.9. The Balaban J connectivity index is 2.89. The number of likely N-dealkylation sites (N-methyl/N-ethyl adjacent to an activating group) is 1. The molecule has 5 nitrogen and oxygen atoms in total. The van der Waals surface area contributed by atoms with Crippen LogP contribution in [0.3, 0.4) is 0 Å². The van der Waals surface area contributed by atoms with E-state index >= 15 is 0 Å². The quantitative estimate of drug-likeness (QED) is 0.829. The molecule has 104 valence electrons. The Labute approximate surface area is 109 Å². The van der Waals surface area contributed by atoms with Gasteiger partial charge in [-0.25, -0.2) is 4.68 Å². The van der Waals surface area contributed by atoms with E-state index < -0.39 is 5.60 Å². The van der Waals surface area contributed by atoms with Crippen molar-refractivity contribution in [2.45, 2.75) is 39.3 Å². The SMILES string of the molecule is CCc1nn(C)c(OC)c1CN(C)CC(C)(C)O. The molecule has 0 saturated carbocycles. The van der Waals surface area contributed by atoms with Crippen molar-refractivity contribution in [3.05, 3.63) is 11.3 Å². The summed E-state index contributed by atoms with van der Waals surface area (Å²) in [4.78, 5) is 2.08. The maximum atomic E-state index is 9.83. The first-order valence-electron chi connectivity index (χ1n) is 6.28. The van der Waals surface area contributed by atoms with Gasteiger partial charge in [0, 0.05) is 20.1 Å². The normalized spacial score (nSPS) is 12.2. The van der Waals surface area contributed by atoms with E-state index in [2.05, 4.69) is 16.9 Å². The fourth-order valence-corrected chi connectivity index (χ4v) is 2.29. The molecule has 0 saturated heterocycles. The topological polar surface area (TPSA) is 50.5 Å². The molecule has 1 aromatic heterocycles. The van der Waals surface area contributed by atoms with Gasteiger partial charge in [0.1, 0.15) is 0 Å². The molecule has 1 aromatic rings. The molecule has 1 heterocycles. The first kappa shape index (κ1) is 15.0. The molecule has 0 bridgehead atoms. The van der Waals surface area contributed by atoms with Crippen molar-refractivity contribution in [2.75, 3.05) is 20.7 Å². The zero-order valence-electron chi connectivity index (χ0n) is 12.3. The highest BCUT2D eigenvalue weighted by atomic mass is 16.5. The van der Waals surface area contributed by atoms with E-state index in [0.29, 0.717) is 6.54 Å². The van der Waals surface area contributed by atoms with Gasteiger partial charge < -0.3 is 9.84 Å². The summed E-state index contributed by atoms with van der Waals surface area (Å²) in [6.07, 6.45) is 0.878. The smallest absolute Gasteiger partial charge is 0.216 e. The van der Waals surface area contributed by atoms with Crippen molar-refractivity contribution in [1.82, 2.24) is 14.7 Å². The summed E-state index contributed by atoms with van der Waals surface area (Å²) in [5, 5.41) is 14.3. The Hall–Kier alpha value is -1.07. The molecular formula is C13H25N3O2. The predicted molar refractivity (Wildman–Crippen MR) is 71.8 cm³/mol. The van der Waals surface area contributed by atoms with E-state index in [4.69, 9.17) is 4.74 Å². The van der Waals surface area contributed by atoms with Crippen LogP contribution in [-0.2, 0) is 20.0 Å². The van der Waals surface area contributed by atoms with Crippen molar-refractivity contribution in [3.63, 3.8) is 0 Å². The second kappa shape index (κ2) is 5.71. The number of nitrogens with zero attached hydrogens (tertiary/aromatic N) is 3. The molecule has 0 amide bonds. The van der Waals surface area contributed by atoms with E-state index in [1.807, 2.05) is 27.9 Å². The molecule has 18 heavy (non-hydrogen) atoms. The number of hydrogen-bond acceptors (Lipinski definition) is 4. The van der Waals surface area contributed by atoms with E-state index in [-0.39, 0.29) is 0 Å². The first-order chi connectivity index (χ1) is 8.28. The van der Waals surface area contributed by atoms with E-state index in [1.165, 1.54) is 0 Å². The average Bonchev–Trinajstić information content (AvgIpc) is 2.51. The van der Waals surface area contributed by atoms with Crippen LogP contribution in [0.1, 0.15) is 32.0 Å². The van der Waals surface area contributed by atoms with Gasteiger partial charge in [0.2, 0.25) is 5.88 Å². The molecular weight excluding hydrogens is 230 g/mol. The largest absolute Gasteiger partial charge is 0.481 e. The molecule has 0 aromatic carbocycles. The van der Waals surface area contributed by atoms with Crippen LogP contribution in [0.4, 0.5) is 0 Å². The van der Waals surface area contributed by atoms with Crippen molar-refractivity contribution in [2.24, 2.45) is 7.05 Å². The molecule has 1 rings (SSSR count). The molecule has 0 unspecified atom stereocenters. The van der Waals surface area contributed by atoms with Crippen LogP contribution < -0.4 is 4.74 Å². The summed E-state index contributed by atoms with van der Waals surface area (Å²) in [5.41, 5.74) is 1.46. The van der Waals surface area contributed by atoms with E-state index in [1.54, 1.807) is 11.8 Å². The summed E-state index contributed by atoms with van der Waals surface area (Å²) in [6, 6.07) is 0. The number of rotatable bonds is 6. The maximum absolute atomic E-state index is 9.83. The molecule has 5 heteroatoms. The van der Waals surface area contributed by atoms with Crippen LogP contribution in [0, 0.1) is 0 Å². The van der Waals surface area contributed by atoms with Crippen LogP contribution in [0.5, 0.6) is 5.88 Å². The third-order valence-electron chi connectivity index (χ3n) is 2.78. The summed E-state index contributed by atoms with van der Waals surface area (Å²) in [7, 11) is 5.54. The van der Waals surface area contributed by atoms with Crippen molar-refractivity contribution in [1.29, 1.82) is 0 Å². The molecule has 1 N–H and O–H groups in total. The lowest BCUT2D eigenvalue weighted by Crippen LogP contribution is -2.36. The summed E-state index contributed by atoms with van der Waals surface area (Å²) < 4.78 is 7.17. The van der Waals surface area contributed by atoms with E-state index in [9.17, 15) is 5.11 Å². The van der Waals surface area contributed by atoms with Gasteiger partial charge in [-0.2, -0.15) is 5.10 Å². The van der Waals surface area contributed by atoms with Crippen molar-refractivity contribution in [3.8, 4) is 5.88 Å². The Kier molecular flexibility index (Phi) is 4.76. The molecule has 0 atom stereocenters. The number of methoxy groups -OCH3 is 1. The Morgan fingerprint density at radius 2 is 2.06 bits per heavy atom. The Morgan fingerprint density at radius 3 is 2.50 bits per heavy atom. The molecule has 0 radical (unpaired) electrons. The second-order valence-corrected chi connectivity index (χ2v) is 5.40. The highest BCUT2D eigenvalue weighted by Gasteiger charge is 2.20. The molecule has 0 aliphatic heterocycles. The number of aliphatic hydroxyl groups is 1. The Morgan fingerprint density at radius 1 is 1.44 bits per heavy atom. The number of ether oxygens (including phenoxy) is 1. The minimum absolute atomic E-state index is 0.605. The number of aromatic nitrogens is 2. The van der Waals surface area contributed by atoms with Gasteiger partial charge in [0.25, 0.3) is 0 Å². The summed E-state index contributed by atoms with van der Waals surface area (Å²) in [6.45, 7) is 7.04. The fraction of sp³-hybridized carbons (Fsp3) is 0.769. The number of hydrogen-bond donors (Lipinski definition) is 1. The predicted octanol–water partition coefficient (Wildman–Crippen LogP) is 1.19. The monoisotopic (exact) mass is 255 g/mol. The van der Waals surface area contributed by atoms with Gasteiger partial charge >= 0.3 is 0 Å². The second-order valence-electron chi connectivity index (χ2n) is 5.40. The van der Waals surface area contributed by atoms with Crippen molar-refractivity contribution >= 4 is 0 Å². The van der Waals surface area contributed by atoms with E-state index in [0.717, 1.165) is 30.1 Å². The lowest BCUT2D eigenvalue weighted by molar-refractivity contribution is 0.0422. The third kappa shape index (κ3) is 3.71. The van der Waals surface area contributed by atoms with Gasteiger partial charge in [0.05, 0.1) is 24.0 Å². The van der Waals surface area contributed by atoms with Crippen LogP contribution in [0.2, 0.25) is 0 Å². The van der Waals surface area contributed by atoms with Crippen LogP contribution >= 0.6 is 0 Å². The van der Waals surface area contributed by atoms with Crippen LogP contribution in [-0.4, -0.2) is 46.1 Å². The standard InChI is InChI=1S/C13H25N3O2/c1-7-11-10(12(18-6)16(5)14-11)8-15(4)9-13(2,3)17/h17H,7-9H2,1-6H3. The summed E-state index contributed by atoms with van der Waals surface area (Å²) >= 11 is 0. The zero-order valence-corrected chi connectivity index (χ0v) is 12.3. The maximum Gasteiger partial charge on any atom is 0.216 e. The molecule has 0 spiro atoms. The highest BCUT2D eigenvalue weighted by molar-refractivity contribution is 5.31. The average molecular weight is 255 g/mol. The van der Waals surface area contributed by atoms with Gasteiger partial charge in [-0.3, -0.25) is 4.90 Å². The van der Waals surface area contributed by atoms with Gasteiger partial charge in [-0.05, 0) is 27.3 Å². The minimum atomic E-state index is -0.698. The van der Waals surface area contributed by atoms with Gasteiger partial charge in [-0.1, -0.05) is 6.92 Å². The lowest BCUT2D eigenvalue weighted by Gasteiger charge is -2.25. The first-order valence-corrected chi connectivity index (χ1v) is 6.28. The Bertz CT molecular complexity index is 394. The fourth-order valence-electron chi connectivity index (χ4n) is 2.29. The van der Waals surface area contributed by atoms with Gasteiger partial charge in [-0.15, -0.1) is 0 Å². The third-order valence-corrected chi connectivity index (χ3v) is 2.78. The van der Waals surface area contributed by atoms with Crippen molar-refractivity contribution < 1.29 is 9.84 Å². The lowest BCUT2D eigenvalue weighted by atomic mass is 10.1. The van der Waals surface area contributed by atoms with Gasteiger partial charge in [0.15, 0.2) is 0 Å². The molecule has 0 aliphatic carbocycles.